The van der Waals surface area contributed by atoms with Gasteiger partial charge in [-0.25, -0.2) is 4.98 Å². The van der Waals surface area contributed by atoms with Gasteiger partial charge in [0.15, 0.2) is 0 Å². The van der Waals surface area contributed by atoms with Crippen LogP contribution in [-0.2, 0) is 0 Å². The van der Waals surface area contributed by atoms with Crippen molar-refractivity contribution in [2.75, 3.05) is 24.3 Å². The van der Waals surface area contributed by atoms with Crippen LogP contribution >= 0.6 is 11.3 Å². The molecule has 108 valence electrons. The molecule has 0 saturated heterocycles. The van der Waals surface area contributed by atoms with E-state index in [2.05, 4.69) is 75.2 Å². The first-order valence-corrected chi connectivity index (χ1v) is 7.68. The summed E-state index contributed by atoms with van der Waals surface area (Å²) < 4.78 is 0. The van der Waals surface area contributed by atoms with E-state index in [1.54, 1.807) is 11.3 Å². The number of hydrogen-bond acceptors (Lipinski definition) is 4. The fraction of sp³-hybridized carbons (Fsp3) is 0.438. The minimum atomic E-state index is 0.220. The summed E-state index contributed by atoms with van der Waals surface area (Å²) >= 11 is 1.76. The highest BCUT2D eigenvalue weighted by molar-refractivity contribution is 7.11. The zero-order chi connectivity index (χ0) is 14.9. The molecule has 0 aliphatic rings. The normalized spacial score (nSPS) is 12.3. The number of nitrogens with zero attached hydrogens (tertiary/aromatic N) is 2. The molecule has 0 radical (unpaired) electrons. The summed E-state index contributed by atoms with van der Waals surface area (Å²) in [5, 5.41) is 4.68. The van der Waals surface area contributed by atoms with Gasteiger partial charge in [0.2, 0.25) is 0 Å². The first kappa shape index (κ1) is 14.9. The van der Waals surface area contributed by atoms with E-state index < -0.39 is 0 Å². The Bertz CT molecular complexity index is 602. The summed E-state index contributed by atoms with van der Waals surface area (Å²) in [6.45, 7) is 8.50. The van der Waals surface area contributed by atoms with E-state index in [1.807, 2.05) is 0 Å². The topological polar surface area (TPSA) is 28.2 Å². The van der Waals surface area contributed by atoms with Gasteiger partial charge in [-0.1, -0.05) is 6.07 Å². The molecule has 0 saturated carbocycles. The maximum Gasteiger partial charge on any atom is 0.0901 e. The molecule has 0 aliphatic carbocycles. The quantitative estimate of drug-likeness (QED) is 0.909. The monoisotopic (exact) mass is 289 g/mol. The Balaban J connectivity index is 2.22. The van der Waals surface area contributed by atoms with Gasteiger partial charge in [0.05, 0.1) is 16.7 Å². The van der Waals surface area contributed by atoms with Crippen molar-refractivity contribution >= 4 is 22.7 Å². The second-order valence-corrected chi connectivity index (χ2v) is 6.84. The van der Waals surface area contributed by atoms with Crippen LogP contribution < -0.4 is 10.2 Å². The number of aromatic nitrogens is 1. The standard InChI is InChI=1S/C16H23N3S/c1-10-7-8-14(9-15(10)19(5)6)17-11(2)16-12(3)20-13(4)18-16/h7-9,11,17H,1-6H3. The van der Waals surface area contributed by atoms with Crippen molar-refractivity contribution in [2.24, 2.45) is 0 Å². The fourth-order valence-corrected chi connectivity index (χ4v) is 3.36. The van der Waals surface area contributed by atoms with Crippen LogP contribution in [0.4, 0.5) is 11.4 Å². The second kappa shape index (κ2) is 5.83. The highest BCUT2D eigenvalue weighted by atomic mass is 32.1. The smallest absolute Gasteiger partial charge is 0.0901 e. The van der Waals surface area contributed by atoms with Crippen LogP contribution in [0.5, 0.6) is 0 Å². The number of aryl methyl sites for hydroxylation is 3. The van der Waals surface area contributed by atoms with E-state index in [9.17, 15) is 0 Å². The van der Waals surface area contributed by atoms with Crippen LogP contribution in [0.1, 0.15) is 34.1 Å². The molecule has 1 N–H and O–H groups in total. The lowest BCUT2D eigenvalue weighted by Crippen LogP contribution is -2.12. The van der Waals surface area contributed by atoms with Gasteiger partial charge in [0.25, 0.3) is 0 Å². The molecule has 1 aromatic heterocycles. The Labute approximate surface area is 125 Å². The minimum absolute atomic E-state index is 0.220. The molecule has 0 aliphatic heterocycles. The van der Waals surface area contributed by atoms with Crippen molar-refractivity contribution < 1.29 is 0 Å². The molecule has 1 aromatic carbocycles. The summed E-state index contributed by atoms with van der Waals surface area (Å²) in [7, 11) is 4.15. The summed E-state index contributed by atoms with van der Waals surface area (Å²) in [6, 6.07) is 6.70. The number of hydrogen-bond donors (Lipinski definition) is 1. The van der Waals surface area contributed by atoms with E-state index in [0.717, 1.165) is 16.4 Å². The molecular weight excluding hydrogens is 266 g/mol. The lowest BCUT2D eigenvalue weighted by atomic mass is 10.1. The van der Waals surface area contributed by atoms with Crippen LogP contribution in [0.2, 0.25) is 0 Å². The number of benzene rings is 1. The summed E-state index contributed by atoms with van der Waals surface area (Å²) in [6.07, 6.45) is 0. The molecule has 2 rings (SSSR count). The maximum atomic E-state index is 4.63. The van der Waals surface area contributed by atoms with Gasteiger partial charge >= 0.3 is 0 Å². The average molecular weight is 289 g/mol. The van der Waals surface area contributed by atoms with Crippen LogP contribution in [0.15, 0.2) is 18.2 Å². The van der Waals surface area contributed by atoms with Crippen molar-refractivity contribution in [3.63, 3.8) is 0 Å². The molecule has 4 heteroatoms. The fourth-order valence-electron chi connectivity index (χ4n) is 2.45. The molecule has 0 amide bonds. The average Bonchev–Trinajstić information content (AvgIpc) is 2.70. The summed E-state index contributed by atoms with van der Waals surface area (Å²) in [4.78, 5) is 8.06. The first-order chi connectivity index (χ1) is 9.38. The highest BCUT2D eigenvalue weighted by Crippen LogP contribution is 2.28. The second-order valence-electron chi connectivity index (χ2n) is 5.44. The van der Waals surface area contributed by atoms with E-state index in [1.165, 1.54) is 16.1 Å². The van der Waals surface area contributed by atoms with Crippen molar-refractivity contribution in [2.45, 2.75) is 33.7 Å². The molecule has 3 nitrogen and oxygen atoms in total. The van der Waals surface area contributed by atoms with Crippen LogP contribution in [0, 0.1) is 20.8 Å². The molecular formula is C16H23N3S. The van der Waals surface area contributed by atoms with E-state index >= 15 is 0 Å². The number of thiazole rings is 1. The lowest BCUT2D eigenvalue weighted by Gasteiger charge is -2.19. The third-order valence-electron chi connectivity index (χ3n) is 3.42. The third-order valence-corrected chi connectivity index (χ3v) is 4.33. The Kier molecular flexibility index (Phi) is 4.33. The van der Waals surface area contributed by atoms with Gasteiger partial charge < -0.3 is 10.2 Å². The minimum Gasteiger partial charge on any atom is -0.377 e. The lowest BCUT2D eigenvalue weighted by molar-refractivity contribution is 0.837. The molecule has 0 spiro atoms. The SMILES string of the molecule is Cc1nc(C(C)Nc2ccc(C)c(N(C)C)c2)c(C)s1. The van der Waals surface area contributed by atoms with Gasteiger partial charge in [-0.05, 0) is 45.4 Å². The largest absolute Gasteiger partial charge is 0.377 e. The Morgan fingerprint density at radius 3 is 2.45 bits per heavy atom. The van der Waals surface area contributed by atoms with Crippen molar-refractivity contribution in [3.05, 3.63) is 39.3 Å². The Hall–Kier alpha value is -1.55. The first-order valence-electron chi connectivity index (χ1n) is 6.87. The van der Waals surface area contributed by atoms with Crippen LogP contribution in [0.25, 0.3) is 0 Å². The zero-order valence-corrected chi connectivity index (χ0v) is 13.9. The Morgan fingerprint density at radius 2 is 1.90 bits per heavy atom. The van der Waals surface area contributed by atoms with E-state index in [0.29, 0.717) is 0 Å². The van der Waals surface area contributed by atoms with Crippen LogP contribution in [0.3, 0.4) is 0 Å². The van der Waals surface area contributed by atoms with Gasteiger partial charge in [-0.15, -0.1) is 11.3 Å². The predicted molar refractivity (Wildman–Crippen MR) is 89.1 cm³/mol. The number of rotatable bonds is 4. The molecule has 1 unspecified atom stereocenters. The maximum absolute atomic E-state index is 4.63. The molecule has 2 aromatic rings. The summed E-state index contributed by atoms with van der Waals surface area (Å²) in [5.74, 6) is 0. The summed E-state index contributed by atoms with van der Waals surface area (Å²) in [5.41, 5.74) is 4.82. The predicted octanol–water partition coefficient (Wildman–Crippen LogP) is 4.31. The van der Waals surface area contributed by atoms with Crippen LogP contribution in [-0.4, -0.2) is 19.1 Å². The van der Waals surface area contributed by atoms with E-state index in [-0.39, 0.29) is 6.04 Å². The van der Waals surface area contributed by atoms with E-state index in [4.69, 9.17) is 0 Å². The van der Waals surface area contributed by atoms with Gasteiger partial charge in [-0.3, -0.25) is 0 Å². The molecule has 0 bridgehead atoms. The Morgan fingerprint density at radius 1 is 1.20 bits per heavy atom. The zero-order valence-electron chi connectivity index (χ0n) is 13.1. The van der Waals surface area contributed by atoms with Crippen molar-refractivity contribution in [1.82, 2.24) is 4.98 Å². The molecule has 1 heterocycles. The van der Waals surface area contributed by atoms with Gasteiger partial charge in [0.1, 0.15) is 0 Å². The number of anilines is 2. The van der Waals surface area contributed by atoms with Gasteiger partial charge in [-0.2, -0.15) is 0 Å². The third kappa shape index (κ3) is 3.12. The highest BCUT2D eigenvalue weighted by Gasteiger charge is 2.13. The molecule has 20 heavy (non-hydrogen) atoms. The number of nitrogens with one attached hydrogen (secondary N) is 1. The van der Waals surface area contributed by atoms with Crippen molar-refractivity contribution in [3.8, 4) is 0 Å². The van der Waals surface area contributed by atoms with Gasteiger partial charge in [0, 0.05) is 30.3 Å². The molecule has 0 fully saturated rings. The molecule has 1 atom stereocenters. The van der Waals surface area contributed by atoms with Crippen molar-refractivity contribution in [1.29, 1.82) is 0 Å².